The van der Waals surface area contributed by atoms with Crippen molar-refractivity contribution in [1.82, 2.24) is 10.6 Å². The van der Waals surface area contributed by atoms with E-state index in [-0.39, 0.29) is 0 Å². The predicted molar refractivity (Wildman–Crippen MR) is 386 cm³/mol. The molecule has 0 aliphatic carbocycles. The van der Waals surface area contributed by atoms with Crippen LogP contribution in [-0.2, 0) is 109 Å². The van der Waals surface area contributed by atoms with Gasteiger partial charge >= 0.3 is 0 Å². The molecule has 0 aromatic rings. The van der Waals surface area contributed by atoms with Gasteiger partial charge in [0.15, 0.2) is 69.2 Å². The number of aliphatic hydroxyl groups is 33. The van der Waals surface area contributed by atoms with Gasteiger partial charge in [-0.25, -0.2) is 0 Å². The van der Waals surface area contributed by atoms with Gasteiger partial charge in [-0.3, -0.25) is 9.59 Å². The molecule has 0 bridgehead atoms. The summed E-state index contributed by atoms with van der Waals surface area (Å²) in [6, 6.07) is -3.71. The summed E-state index contributed by atoms with van der Waals surface area (Å²) in [5, 5.41) is 372. The fourth-order valence-corrected chi connectivity index (χ4v) is 16.5. The van der Waals surface area contributed by atoms with Crippen molar-refractivity contribution in [3.63, 3.8) is 0 Å². The number of aliphatic hydroxyl groups excluding tert-OH is 33. The van der Waals surface area contributed by atoms with Gasteiger partial charge in [0.25, 0.3) is 0 Å². The van der Waals surface area contributed by atoms with Gasteiger partial charge in [-0.15, -0.1) is 0 Å². The lowest BCUT2D eigenvalue weighted by molar-refractivity contribution is -0.408. The lowest BCUT2D eigenvalue weighted by Gasteiger charge is -2.51. The van der Waals surface area contributed by atoms with E-state index < -0.39 is 422 Å². The van der Waals surface area contributed by atoms with E-state index in [9.17, 15) is 178 Å². The molecule has 58 nitrogen and oxygen atoms in total. The Bertz CT molecular complexity index is 3380. The van der Waals surface area contributed by atoms with E-state index in [1.165, 1.54) is 0 Å². The zero-order valence-corrected chi connectivity index (χ0v) is 67.7. The van der Waals surface area contributed by atoms with Crippen molar-refractivity contribution < 1.29 is 278 Å². The molecule has 11 aliphatic rings. The Kier molecular flexibility index (Phi) is 37.7. The third-order valence-corrected chi connectivity index (χ3v) is 23.8. The number of carbonyl (C=O) groups is 2. The highest BCUT2D eigenvalue weighted by Gasteiger charge is 2.62. The molecule has 2 amide bonds. The van der Waals surface area contributed by atoms with Crippen LogP contribution in [0.3, 0.4) is 0 Å². The number of carbonyl (C=O) groups excluding carboxylic acids is 2. The minimum absolute atomic E-state index is 0.824. The van der Waals surface area contributed by atoms with Crippen LogP contribution in [-0.4, -0.2) is 591 Å². The highest BCUT2D eigenvalue weighted by Crippen LogP contribution is 2.42. The van der Waals surface area contributed by atoms with E-state index in [4.69, 9.17) is 99.5 Å². The van der Waals surface area contributed by atoms with Crippen LogP contribution in [0.15, 0.2) is 0 Å². The first-order valence-electron chi connectivity index (χ1n) is 40.7. The van der Waals surface area contributed by atoms with E-state index >= 15 is 0 Å². The molecule has 744 valence electrons. The largest absolute Gasteiger partial charge is 0.394 e. The Labute approximate surface area is 722 Å². The second kappa shape index (κ2) is 45.8. The van der Waals surface area contributed by atoms with Gasteiger partial charge in [0.05, 0.1) is 72.7 Å². The molecule has 22 unspecified atom stereocenters. The Morgan fingerprint density at radius 1 is 0.203 bits per heavy atom. The Balaban J connectivity index is 0.961. The minimum atomic E-state index is -2.69. The summed E-state index contributed by atoms with van der Waals surface area (Å²) in [7, 11) is 0. The number of rotatable bonds is 33. The smallest absolute Gasteiger partial charge is 0.217 e. The molecule has 55 atom stereocenters. The van der Waals surface area contributed by atoms with Crippen molar-refractivity contribution in [2.45, 2.75) is 351 Å². The molecule has 128 heavy (non-hydrogen) atoms. The molecule has 11 rings (SSSR count). The fraction of sp³-hybridized carbons (Fsp3) is 0.971. The quantitative estimate of drug-likeness (QED) is 0.0290. The van der Waals surface area contributed by atoms with Gasteiger partial charge in [0.1, 0.15) is 268 Å². The summed E-state index contributed by atoms with van der Waals surface area (Å²) in [5.41, 5.74) is 0. The van der Waals surface area contributed by atoms with Crippen molar-refractivity contribution in [3.8, 4) is 0 Å². The van der Waals surface area contributed by atoms with Crippen molar-refractivity contribution in [3.05, 3.63) is 0 Å². The lowest BCUT2D eigenvalue weighted by Crippen LogP contribution is -2.70. The third kappa shape index (κ3) is 22.5. The zero-order chi connectivity index (χ0) is 94.0. The molecular formula is C70H118N2O56. The van der Waals surface area contributed by atoms with Crippen molar-refractivity contribution in [2.24, 2.45) is 0 Å². The van der Waals surface area contributed by atoms with Gasteiger partial charge < -0.3 is 279 Å². The van der Waals surface area contributed by atoms with E-state index in [1.807, 2.05) is 0 Å². The van der Waals surface area contributed by atoms with Gasteiger partial charge in [-0.1, -0.05) is 0 Å². The molecule has 11 aliphatic heterocycles. The monoisotopic (exact) mass is 1880 g/mol. The van der Waals surface area contributed by atoms with Crippen molar-refractivity contribution in [2.75, 3.05) is 72.7 Å². The summed E-state index contributed by atoms with van der Waals surface area (Å²) in [6.07, 6.45) is -117. The van der Waals surface area contributed by atoms with Crippen LogP contribution in [0.1, 0.15) is 13.8 Å². The molecule has 11 fully saturated rings. The summed E-state index contributed by atoms with van der Waals surface area (Å²) < 4.78 is 124. The van der Waals surface area contributed by atoms with Crippen LogP contribution < -0.4 is 10.6 Å². The topological polar surface area (TPSA) is 920 Å². The lowest BCUT2D eigenvalue weighted by atomic mass is 9.94. The molecule has 0 aromatic heterocycles. The van der Waals surface area contributed by atoms with Crippen molar-refractivity contribution in [1.29, 1.82) is 0 Å². The average Bonchev–Trinajstić information content (AvgIpc) is 0.764. The molecule has 0 radical (unpaired) electrons. The van der Waals surface area contributed by atoms with E-state index in [1.54, 1.807) is 0 Å². The predicted octanol–water partition coefficient (Wildman–Crippen LogP) is -24.7. The van der Waals surface area contributed by atoms with Crippen LogP contribution in [0.4, 0.5) is 0 Å². The van der Waals surface area contributed by atoms with Gasteiger partial charge in [-0.2, -0.15) is 0 Å². The van der Waals surface area contributed by atoms with Gasteiger partial charge in [0.2, 0.25) is 11.8 Å². The first-order chi connectivity index (χ1) is 60.7. The van der Waals surface area contributed by atoms with Gasteiger partial charge in [-0.05, 0) is 0 Å². The van der Waals surface area contributed by atoms with Crippen LogP contribution in [0, 0.1) is 0 Å². The number of nitrogens with one attached hydrogen (secondary N) is 2. The fourth-order valence-electron chi connectivity index (χ4n) is 16.5. The zero-order valence-electron chi connectivity index (χ0n) is 67.7. The van der Waals surface area contributed by atoms with Crippen LogP contribution in [0.25, 0.3) is 0 Å². The van der Waals surface area contributed by atoms with E-state index in [0.717, 1.165) is 13.8 Å². The number of hydrogen-bond donors (Lipinski definition) is 35. The maximum atomic E-state index is 13.1. The number of amides is 2. The van der Waals surface area contributed by atoms with Crippen LogP contribution in [0.5, 0.6) is 0 Å². The summed E-state index contributed by atoms with van der Waals surface area (Å²) in [6.45, 7) is -10.9. The third-order valence-electron chi connectivity index (χ3n) is 23.8. The molecule has 0 saturated carbocycles. The maximum Gasteiger partial charge on any atom is 0.217 e. The highest BCUT2D eigenvalue weighted by atomic mass is 16.8. The number of ether oxygens (including phenoxy) is 21. The molecule has 0 spiro atoms. The Hall–Kier alpha value is -3.22. The molecule has 11 heterocycles. The summed E-state index contributed by atoms with van der Waals surface area (Å²) in [5.74, 6) is -1.82. The highest BCUT2D eigenvalue weighted by molar-refractivity contribution is 5.73. The maximum absolute atomic E-state index is 13.1. The van der Waals surface area contributed by atoms with Crippen LogP contribution >= 0.6 is 0 Å². The standard InChI is InChI=1S/C70H118N2O56/c1-14(82)71-27-38(93)52(23(10-80)110-60(27)107)121-61-28(72-15(2)83)39(94)53(24(11-81)118-61)122-66-51(106)55(124-69-59(46(101)35(90)21(8-78)116-69)128-70-58(45(100)34(89)22(9-79)117-70)127-65-49(104)42(97)31(86)18(5-75)113-65)37(92)26(120-66)12-108-62-50(105)54(123-68-57(44(99)33(88)20(7-77)115-68)126-64-48(103)41(96)30(85)17(4-74)112-64)36(91)25(119-62)13-109-67-56(43(98)32(87)19(6-76)114-67)125-63-47(102)40(95)29(84)16(3-73)111-63/h16-70,73-81,84-107H,3-13H2,1-2H3,(H,71,82)(H,72,83)/t16?,17-,18-,19?,20-,21-,22-,23?,24?,25?,26?,27?,28?,29+,30+,31+,32+,33+,34+,35+,36+,37+,38+,39+,40-,41?,42?,43-,44?,45?,46?,47?,48?,49?,50?,51?,52+,53+,54-,55-,56?,57?,58?,59?,60+,61-,62-,63+,64+,65+,66-,67-,68+,69+,70+/m0/s1. The normalized spacial score (nSPS) is 51.7. The Morgan fingerprint density at radius 3 is 0.773 bits per heavy atom. The van der Waals surface area contributed by atoms with E-state index in [2.05, 4.69) is 10.6 Å². The molecule has 11 saturated heterocycles. The molecule has 35 N–H and O–H groups in total. The minimum Gasteiger partial charge on any atom is -0.394 e. The molecule has 0 aromatic carbocycles. The first-order valence-corrected chi connectivity index (χ1v) is 40.7. The summed E-state index contributed by atoms with van der Waals surface area (Å²) in [4.78, 5) is 25.4. The average molecular weight is 1880 g/mol. The molecule has 58 heteroatoms. The van der Waals surface area contributed by atoms with E-state index in [0.29, 0.717) is 0 Å². The SMILES string of the molecule is CC(=O)NC1[C@H](O[C@@H]2C(CO)O[C@@H](O)C(NC(C)=O)[C@H]2O)OC(CO)[C@@H](O[C@@H]2OC(CO[C@H]3OC(CO[C@H]4OC(CO)[C@@H](O)[C@H](O)C4O[C@H]4OC(CO)[C@@H](O)[C@H](O)C4O)[C@@H](O)[C@H](O[C@H]4O[C@@H](CO)[C@@H](O)C(O)C4O[C@H]4O[C@@H](CO)[C@@H](O)C(O)C4O)C3O)[C@@H](O)[C@H](O[C@H]3O[C@@H](CO)[C@@H](O)C(O)C3O[C@H]3O[C@@H](CO)[C@@H](O)C(O)C3O[C@H]3O[C@@H](CO)[C@@H](O)C(O)C3O)C2O)[C@@H]1O. The second-order valence-corrected chi connectivity index (χ2v) is 32.3. The first kappa shape index (κ1) is 105. The summed E-state index contributed by atoms with van der Waals surface area (Å²) >= 11 is 0. The Morgan fingerprint density at radius 2 is 0.430 bits per heavy atom. The van der Waals surface area contributed by atoms with Crippen molar-refractivity contribution >= 4 is 11.8 Å². The molecular weight excluding hydrogens is 1760 g/mol. The van der Waals surface area contributed by atoms with Crippen LogP contribution in [0.2, 0.25) is 0 Å². The van der Waals surface area contributed by atoms with Gasteiger partial charge in [0, 0.05) is 13.8 Å². The number of hydrogen-bond acceptors (Lipinski definition) is 56. The second-order valence-electron chi connectivity index (χ2n) is 32.3.